The van der Waals surface area contributed by atoms with Crippen LogP contribution in [0.1, 0.15) is 40.0 Å². The van der Waals surface area contributed by atoms with E-state index in [1.807, 2.05) is 13.8 Å². The van der Waals surface area contributed by atoms with Crippen LogP contribution in [0.5, 0.6) is 0 Å². The first-order valence-electron chi connectivity index (χ1n) is 7.36. The SMILES string of the molecule is CCCCCN1CCN(CC(=O)NC(C)C)CC1. The summed E-state index contributed by atoms with van der Waals surface area (Å²) in [5, 5.41) is 2.95. The van der Waals surface area contributed by atoms with Gasteiger partial charge in [-0.1, -0.05) is 19.8 Å². The van der Waals surface area contributed by atoms with Gasteiger partial charge in [0.1, 0.15) is 0 Å². The number of piperazine rings is 1. The normalized spacial score (nSPS) is 18.2. The molecule has 0 bridgehead atoms. The zero-order chi connectivity index (χ0) is 13.4. The van der Waals surface area contributed by atoms with Crippen LogP contribution in [0.3, 0.4) is 0 Å². The van der Waals surface area contributed by atoms with Crippen LogP contribution in [0.25, 0.3) is 0 Å². The molecule has 18 heavy (non-hydrogen) atoms. The predicted octanol–water partition coefficient (Wildman–Crippen LogP) is 1.32. The maximum Gasteiger partial charge on any atom is 0.234 e. The van der Waals surface area contributed by atoms with E-state index in [4.69, 9.17) is 0 Å². The molecule has 1 aliphatic heterocycles. The number of rotatable bonds is 7. The lowest BCUT2D eigenvalue weighted by molar-refractivity contribution is -0.123. The van der Waals surface area contributed by atoms with Crippen LogP contribution in [0.15, 0.2) is 0 Å². The number of nitrogens with one attached hydrogen (secondary N) is 1. The number of amides is 1. The van der Waals surface area contributed by atoms with E-state index in [0.29, 0.717) is 6.54 Å². The van der Waals surface area contributed by atoms with Crippen LogP contribution < -0.4 is 5.32 Å². The van der Waals surface area contributed by atoms with Gasteiger partial charge in [0.2, 0.25) is 5.91 Å². The number of carbonyl (C=O) groups is 1. The molecule has 0 saturated carbocycles. The molecule has 1 rings (SSSR count). The molecular weight excluding hydrogens is 226 g/mol. The van der Waals surface area contributed by atoms with Crippen LogP contribution in [0.2, 0.25) is 0 Å². The highest BCUT2D eigenvalue weighted by Gasteiger charge is 2.18. The minimum Gasteiger partial charge on any atom is -0.353 e. The van der Waals surface area contributed by atoms with Crippen LogP contribution >= 0.6 is 0 Å². The summed E-state index contributed by atoms with van der Waals surface area (Å²) >= 11 is 0. The van der Waals surface area contributed by atoms with Crippen molar-refractivity contribution in [2.45, 2.75) is 46.1 Å². The topological polar surface area (TPSA) is 35.6 Å². The van der Waals surface area contributed by atoms with Gasteiger partial charge in [0, 0.05) is 32.2 Å². The fraction of sp³-hybridized carbons (Fsp3) is 0.929. The predicted molar refractivity (Wildman–Crippen MR) is 75.7 cm³/mol. The molecule has 0 radical (unpaired) electrons. The third-order valence-corrected chi connectivity index (χ3v) is 3.36. The van der Waals surface area contributed by atoms with Gasteiger partial charge in [-0.15, -0.1) is 0 Å². The summed E-state index contributed by atoms with van der Waals surface area (Å²) in [7, 11) is 0. The Morgan fingerprint density at radius 1 is 1.11 bits per heavy atom. The second kappa shape index (κ2) is 8.48. The van der Waals surface area contributed by atoms with Crippen LogP contribution in [0, 0.1) is 0 Å². The molecule has 4 nitrogen and oxygen atoms in total. The van der Waals surface area contributed by atoms with Crippen molar-refractivity contribution in [3.63, 3.8) is 0 Å². The Balaban J connectivity index is 2.13. The molecule has 0 spiro atoms. The van der Waals surface area contributed by atoms with Crippen molar-refractivity contribution in [2.24, 2.45) is 0 Å². The van der Waals surface area contributed by atoms with E-state index in [1.54, 1.807) is 0 Å². The maximum absolute atomic E-state index is 11.6. The summed E-state index contributed by atoms with van der Waals surface area (Å²) < 4.78 is 0. The van der Waals surface area contributed by atoms with Gasteiger partial charge in [0.05, 0.1) is 6.54 Å². The van der Waals surface area contributed by atoms with Crippen molar-refractivity contribution in [1.82, 2.24) is 15.1 Å². The Kier molecular flexibility index (Phi) is 7.28. The van der Waals surface area contributed by atoms with Crippen LogP contribution in [-0.4, -0.2) is 61.0 Å². The fourth-order valence-electron chi connectivity index (χ4n) is 2.33. The first kappa shape index (κ1) is 15.4. The largest absolute Gasteiger partial charge is 0.353 e. The molecule has 0 aromatic carbocycles. The number of unbranched alkanes of at least 4 members (excludes halogenated alkanes) is 2. The van der Waals surface area contributed by atoms with Crippen molar-refractivity contribution in [3.8, 4) is 0 Å². The second-order valence-electron chi connectivity index (χ2n) is 5.55. The van der Waals surface area contributed by atoms with Gasteiger partial charge < -0.3 is 10.2 Å². The molecule has 1 N–H and O–H groups in total. The van der Waals surface area contributed by atoms with E-state index in [9.17, 15) is 4.79 Å². The Morgan fingerprint density at radius 2 is 1.72 bits per heavy atom. The van der Waals surface area contributed by atoms with E-state index < -0.39 is 0 Å². The first-order valence-corrected chi connectivity index (χ1v) is 7.36. The average molecular weight is 255 g/mol. The fourth-order valence-corrected chi connectivity index (χ4v) is 2.33. The van der Waals surface area contributed by atoms with E-state index in [-0.39, 0.29) is 11.9 Å². The van der Waals surface area contributed by atoms with Crippen molar-refractivity contribution < 1.29 is 4.79 Å². The number of carbonyl (C=O) groups excluding carboxylic acids is 1. The Bertz CT molecular complexity index is 235. The highest BCUT2D eigenvalue weighted by atomic mass is 16.2. The lowest BCUT2D eigenvalue weighted by Gasteiger charge is -2.34. The van der Waals surface area contributed by atoms with Gasteiger partial charge in [0.15, 0.2) is 0 Å². The number of hydrogen-bond donors (Lipinski definition) is 1. The molecule has 0 atom stereocenters. The smallest absolute Gasteiger partial charge is 0.234 e. The molecule has 1 aliphatic rings. The van der Waals surface area contributed by atoms with Crippen molar-refractivity contribution in [1.29, 1.82) is 0 Å². The molecule has 0 aromatic heterocycles. The summed E-state index contributed by atoms with van der Waals surface area (Å²) in [6.45, 7) is 12.3. The van der Waals surface area contributed by atoms with E-state index >= 15 is 0 Å². The molecule has 4 heteroatoms. The lowest BCUT2D eigenvalue weighted by Crippen LogP contribution is -2.50. The molecule has 0 aromatic rings. The molecule has 0 aliphatic carbocycles. The van der Waals surface area contributed by atoms with Gasteiger partial charge in [-0.05, 0) is 26.8 Å². The van der Waals surface area contributed by atoms with E-state index in [2.05, 4.69) is 22.0 Å². The average Bonchev–Trinajstić information content (AvgIpc) is 2.30. The molecule has 1 heterocycles. The molecular formula is C14H29N3O. The molecule has 0 unspecified atom stereocenters. The number of nitrogens with zero attached hydrogens (tertiary/aromatic N) is 2. The standard InChI is InChI=1S/C14H29N3O/c1-4-5-6-7-16-8-10-17(11-9-16)12-14(18)15-13(2)3/h13H,4-12H2,1-3H3,(H,15,18). The maximum atomic E-state index is 11.6. The monoisotopic (exact) mass is 255 g/mol. The van der Waals surface area contributed by atoms with Crippen LogP contribution in [-0.2, 0) is 4.79 Å². The lowest BCUT2D eigenvalue weighted by atomic mass is 10.2. The van der Waals surface area contributed by atoms with E-state index in [0.717, 1.165) is 26.2 Å². The Hall–Kier alpha value is -0.610. The summed E-state index contributed by atoms with van der Waals surface area (Å²) in [6, 6.07) is 0.243. The Morgan fingerprint density at radius 3 is 2.28 bits per heavy atom. The van der Waals surface area contributed by atoms with Gasteiger partial charge >= 0.3 is 0 Å². The summed E-state index contributed by atoms with van der Waals surface area (Å²) in [5.41, 5.74) is 0. The molecule has 106 valence electrons. The van der Waals surface area contributed by atoms with Crippen molar-refractivity contribution in [2.75, 3.05) is 39.3 Å². The Labute approximate surface area is 112 Å². The molecule has 1 saturated heterocycles. The number of hydrogen-bond acceptors (Lipinski definition) is 3. The summed E-state index contributed by atoms with van der Waals surface area (Å²) in [4.78, 5) is 16.4. The minimum absolute atomic E-state index is 0.157. The third kappa shape index (κ3) is 6.36. The van der Waals surface area contributed by atoms with Gasteiger partial charge in [-0.25, -0.2) is 0 Å². The highest BCUT2D eigenvalue weighted by molar-refractivity contribution is 5.78. The zero-order valence-corrected chi connectivity index (χ0v) is 12.2. The summed E-state index contributed by atoms with van der Waals surface area (Å²) in [5.74, 6) is 0.157. The summed E-state index contributed by atoms with van der Waals surface area (Å²) in [6.07, 6.45) is 3.93. The van der Waals surface area contributed by atoms with Gasteiger partial charge in [0.25, 0.3) is 0 Å². The second-order valence-corrected chi connectivity index (χ2v) is 5.55. The quantitative estimate of drug-likeness (QED) is 0.697. The van der Waals surface area contributed by atoms with Gasteiger partial charge in [-0.3, -0.25) is 9.69 Å². The first-order chi connectivity index (χ1) is 8.61. The van der Waals surface area contributed by atoms with E-state index in [1.165, 1.54) is 25.8 Å². The molecule has 1 amide bonds. The highest BCUT2D eigenvalue weighted by Crippen LogP contribution is 2.04. The van der Waals surface area contributed by atoms with Crippen molar-refractivity contribution >= 4 is 5.91 Å². The molecule has 1 fully saturated rings. The third-order valence-electron chi connectivity index (χ3n) is 3.36. The van der Waals surface area contributed by atoms with Crippen molar-refractivity contribution in [3.05, 3.63) is 0 Å². The minimum atomic E-state index is 0.157. The van der Waals surface area contributed by atoms with Crippen LogP contribution in [0.4, 0.5) is 0 Å². The zero-order valence-electron chi connectivity index (χ0n) is 12.2. The van der Waals surface area contributed by atoms with Gasteiger partial charge in [-0.2, -0.15) is 0 Å².